The van der Waals surface area contributed by atoms with Gasteiger partial charge in [-0.2, -0.15) is 0 Å². The van der Waals surface area contributed by atoms with Crippen LogP contribution < -0.4 is 17.2 Å². The van der Waals surface area contributed by atoms with Gasteiger partial charge in [-0.3, -0.25) is 15.0 Å². The largest absolute Gasteiger partial charge is 0.378 e. The molecule has 6 N–H and O–H groups in total. The minimum Gasteiger partial charge on any atom is -0.378 e. The number of benzene rings is 1. The molecule has 126 valence electrons. The van der Waals surface area contributed by atoms with Gasteiger partial charge in [0, 0.05) is 44.8 Å². The maximum Gasteiger partial charge on any atom is 0.158 e. The van der Waals surface area contributed by atoms with Crippen molar-refractivity contribution in [3.05, 3.63) is 15.0 Å². The van der Waals surface area contributed by atoms with Crippen LogP contribution in [0, 0.1) is 0 Å². The van der Waals surface area contributed by atoms with Gasteiger partial charge in [-0.15, -0.1) is 0 Å². The first-order valence-electron chi connectivity index (χ1n) is 6.06. The molecule has 0 unspecified atom stereocenters. The summed E-state index contributed by atoms with van der Waals surface area (Å²) in [6.45, 7) is 0. The SMILES string of the molecule is CN=C(N)Sc1cc(SC(N)=NC)c(Br)c(SC(N)=NC)c1Br. The van der Waals surface area contributed by atoms with Crippen molar-refractivity contribution in [1.29, 1.82) is 0 Å². The Morgan fingerprint density at radius 2 is 1.13 bits per heavy atom. The van der Waals surface area contributed by atoms with Crippen LogP contribution in [-0.2, 0) is 0 Å². The zero-order chi connectivity index (χ0) is 17.6. The third kappa shape index (κ3) is 5.89. The Hall–Kier alpha value is -0.360. The van der Waals surface area contributed by atoms with Gasteiger partial charge in [-0.05, 0) is 37.9 Å². The van der Waals surface area contributed by atoms with Gasteiger partial charge in [-0.1, -0.05) is 35.3 Å². The van der Waals surface area contributed by atoms with E-state index < -0.39 is 0 Å². The maximum atomic E-state index is 5.86. The molecule has 23 heavy (non-hydrogen) atoms. The smallest absolute Gasteiger partial charge is 0.158 e. The molecular formula is C12H16Br2N6S3. The standard InChI is InChI=1S/C12H16Br2N6S3/c1-18-10(15)21-5-4-6(22-11(16)19-2)8(14)9(7(5)13)23-12(17)20-3/h4H,1-3H3,(H2,15,18)(H2,16,19)(H2,17,20). The molecule has 0 aliphatic rings. The van der Waals surface area contributed by atoms with E-state index in [1.54, 1.807) is 21.1 Å². The molecule has 0 aromatic heterocycles. The second-order valence-electron chi connectivity index (χ2n) is 3.82. The van der Waals surface area contributed by atoms with Crippen LogP contribution in [0.15, 0.2) is 44.7 Å². The van der Waals surface area contributed by atoms with E-state index in [0.717, 1.165) is 23.6 Å². The Bertz CT molecular complexity index is 631. The number of hydrogen-bond acceptors (Lipinski definition) is 6. The van der Waals surface area contributed by atoms with Gasteiger partial charge in [0.15, 0.2) is 15.5 Å². The fraction of sp³-hybridized carbons (Fsp3) is 0.250. The second kappa shape index (κ2) is 9.82. The van der Waals surface area contributed by atoms with Gasteiger partial charge in [-0.25, -0.2) is 0 Å². The van der Waals surface area contributed by atoms with Crippen molar-refractivity contribution in [2.24, 2.45) is 32.2 Å². The lowest BCUT2D eigenvalue weighted by molar-refractivity contribution is 1.16. The van der Waals surface area contributed by atoms with E-state index in [1.807, 2.05) is 6.07 Å². The number of rotatable bonds is 3. The number of amidine groups is 3. The first-order chi connectivity index (χ1) is 10.8. The van der Waals surface area contributed by atoms with Crippen LogP contribution in [0.5, 0.6) is 0 Å². The first kappa shape index (κ1) is 20.7. The lowest BCUT2D eigenvalue weighted by Gasteiger charge is -2.15. The molecule has 0 spiro atoms. The molecule has 0 atom stereocenters. The molecule has 0 radical (unpaired) electrons. The van der Waals surface area contributed by atoms with E-state index in [4.69, 9.17) is 17.2 Å². The normalized spacial score (nSPS) is 13.5. The fourth-order valence-corrected chi connectivity index (χ4v) is 5.41. The monoisotopic (exact) mass is 498 g/mol. The molecule has 0 saturated heterocycles. The van der Waals surface area contributed by atoms with E-state index >= 15 is 0 Å². The van der Waals surface area contributed by atoms with Gasteiger partial charge in [0.25, 0.3) is 0 Å². The Labute approximate surface area is 164 Å². The third-order valence-electron chi connectivity index (χ3n) is 2.39. The molecule has 1 rings (SSSR count). The van der Waals surface area contributed by atoms with Gasteiger partial charge in [0.1, 0.15) is 0 Å². The molecule has 0 heterocycles. The third-order valence-corrected chi connectivity index (χ3v) is 7.96. The lowest BCUT2D eigenvalue weighted by atomic mass is 10.4. The van der Waals surface area contributed by atoms with Crippen LogP contribution in [0.4, 0.5) is 0 Å². The number of nitrogens with zero attached hydrogens (tertiary/aromatic N) is 3. The van der Waals surface area contributed by atoms with E-state index in [9.17, 15) is 0 Å². The summed E-state index contributed by atoms with van der Waals surface area (Å²) < 4.78 is 1.71. The number of nitrogens with two attached hydrogens (primary N) is 3. The van der Waals surface area contributed by atoms with E-state index in [1.165, 1.54) is 35.3 Å². The van der Waals surface area contributed by atoms with E-state index in [2.05, 4.69) is 46.8 Å². The molecule has 0 aliphatic heterocycles. The summed E-state index contributed by atoms with van der Waals surface area (Å²) in [6, 6.07) is 1.96. The molecule has 0 aliphatic carbocycles. The van der Waals surface area contributed by atoms with Gasteiger partial charge < -0.3 is 17.2 Å². The Morgan fingerprint density at radius 3 is 1.48 bits per heavy atom. The number of thioether (sulfide) groups is 3. The summed E-state index contributed by atoms with van der Waals surface area (Å²) in [5.74, 6) is 0. The number of aliphatic imine (C=N–C) groups is 3. The molecule has 0 bridgehead atoms. The Kier molecular flexibility index (Phi) is 8.83. The minimum absolute atomic E-state index is 0.443. The van der Waals surface area contributed by atoms with Crippen LogP contribution in [0.1, 0.15) is 0 Å². The molecule has 0 amide bonds. The molecule has 0 fully saturated rings. The number of hydrogen-bond donors (Lipinski definition) is 3. The minimum atomic E-state index is 0.443. The highest BCUT2D eigenvalue weighted by Crippen LogP contribution is 2.45. The first-order valence-corrected chi connectivity index (χ1v) is 10.1. The Morgan fingerprint density at radius 1 is 0.783 bits per heavy atom. The topological polar surface area (TPSA) is 115 Å². The van der Waals surface area contributed by atoms with Gasteiger partial charge >= 0.3 is 0 Å². The summed E-state index contributed by atoms with van der Waals surface area (Å²) in [6.07, 6.45) is 0. The van der Waals surface area contributed by atoms with Crippen molar-refractivity contribution in [2.75, 3.05) is 21.1 Å². The van der Waals surface area contributed by atoms with Crippen molar-refractivity contribution >= 4 is 82.6 Å². The second-order valence-corrected chi connectivity index (χ2v) is 8.56. The predicted molar refractivity (Wildman–Crippen MR) is 112 cm³/mol. The molecule has 1 aromatic carbocycles. The summed E-state index contributed by atoms with van der Waals surface area (Å²) in [7, 11) is 4.93. The van der Waals surface area contributed by atoms with Crippen LogP contribution in [0.3, 0.4) is 0 Å². The molecule has 11 heteroatoms. The Balaban J connectivity index is 3.46. The van der Waals surface area contributed by atoms with Crippen LogP contribution >= 0.6 is 67.1 Å². The van der Waals surface area contributed by atoms with Crippen molar-refractivity contribution < 1.29 is 0 Å². The summed E-state index contributed by atoms with van der Waals surface area (Å²) in [4.78, 5) is 14.6. The lowest BCUT2D eigenvalue weighted by Crippen LogP contribution is -2.09. The molecule has 6 nitrogen and oxygen atoms in total. The average Bonchev–Trinajstić information content (AvgIpc) is 2.55. The van der Waals surface area contributed by atoms with Crippen molar-refractivity contribution in [1.82, 2.24) is 0 Å². The summed E-state index contributed by atoms with van der Waals surface area (Å²) in [5.41, 5.74) is 17.5. The number of halogens is 2. The van der Waals surface area contributed by atoms with Crippen LogP contribution in [0.25, 0.3) is 0 Å². The highest BCUT2D eigenvalue weighted by Gasteiger charge is 2.19. The quantitative estimate of drug-likeness (QED) is 0.333. The maximum absolute atomic E-state index is 5.86. The van der Waals surface area contributed by atoms with E-state index in [0.29, 0.717) is 15.5 Å². The summed E-state index contributed by atoms with van der Waals surface area (Å²) >= 11 is 11.2. The zero-order valence-electron chi connectivity index (χ0n) is 12.6. The van der Waals surface area contributed by atoms with E-state index in [-0.39, 0.29) is 0 Å². The molecule has 0 saturated carbocycles. The van der Waals surface area contributed by atoms with Crippen molar-refractivity contribution in [3.8, 4) is 0 Å². The predicted octanol–water partition coefficient (Wildman–Crippen LogP) is 3.32. The fourth-order valence-electron chi connectivity index (χ4n) is 1.27. The van der Waals surface area contributed by atoms with Gasteiger partial charge in [0.05, 0.1) is 0 Å². The summed E-state index contributed by atoms with van der Waals surface area (Å²) in [5, 5.41) is 1.35. The van der Waals surface area contributed by atoms with Gasteiger partial charge in [0.2, 0.25) is 0 Å². The zero-order valence-corrected chi connectivity index (χ0v) is 18.3. The van der Waals surface area contributed by atoms with Crippen LogP contribution in [0.2, 0.25) is 0 Å². The van der Waals surface area contributed by atoms with Crippen molar-refractivity contribution in [2.45, 2.75) is 14.7 Å². The van der Waals surface area contributed by atoms with Crippen LogP contribution in [-0.4, -0.2) is 36.6 Å². The van der Waals surface area contributed by atoms with Crippen molar-refractivity contribution in [3.63, 3.8) is 0 Å². The molecular weight excluding hydrogens is 484 g/mol. The average molecular weight is 500 g/mol. The molecule has 1 aromatic rings. The highest BCUT2D eigenvalue weighted by atomic mass is 79.9. The highest BCUT2D eigenvalue weighted by molar-refractivity contribution is 9.11.